The molecule has 4 nitrogen and oxygen atoms in total. The third-order valence-electron chi connectivity index (χ3n) is 4.19. The van der Waals surface area contributed by atoms with E-state index in [1.54, 1.807) is 11.0 Å². The van der Waals surface area contributed by atoms with Crippen LogP contribution in [-0.2, 0) is 9.53 Å². The number of carbonyl (C=O) groups is 1. The lowest BCUT2D eigenvalue weighted by atomic mass is 10.2. The fraction of sp³-hybridized carbons (Fsp3) is 0.500. The topological polar surface area (TPSA) is 42.4 Å². The zero-order valence-corrected chi connectivity index (χ0v) is 12.9. The van der Waals surface area contributed by atoms with E-state index in [-0.39, 0.29) is 23.7 Å². The second kappa shape index (κ2) is 5.59. The average Bonchev–Trinajstić information content (AvgIpc) is 3.06. The highest BCUT2D eigenvalue weighted by Gasteiger charge is 2.36. The molecule has 1 aromatic heterocycles. The molecule has 1 aromatic carbocycles. The number of halogens is 1. The first-order valence-electron chi connectivity index (χ1n) is 7.70. The number of anilines is 1. The van der Waals surface area contributed by atoms with Gasteiger partial charge in [0.2, 0.25) is 5.91 Å². The second-order valence-electron chi connectivity index (χ2n) is 5.94. The third-order valence-corrected chi connectivity index (χ3v) is 5.24. The molecule has 116 valence electrons. The largest absolute Gasteiger partial charge is 0.376 e. The van der Waals surface area contributed by atoms with Crippen molar-refractivity contribution in [1.82, 2.24) is 4.98 Å². The van der Waals surface area contributed by atoms with Crippen LogP contribution in [0.3, 0.4) is 0 Å². The van der Waals surface area contributed by atoms with Gasteiger partial charge in [-0.2, -0.15) is 0 Å². The van der Waals surface area contributed by atoms with Crippen LogP contribution in [0.4, 0.5) is 9.52 Å². The van der Waals surface area contributed by atoms with Crippen LogP contribution in [0.25, 0.3) is 10.2 Å². The van der Waals surface area contributed by atoms with Crippen molar-refractivity contribution in [3.63, 3.8) is 0 Å². The number of fused-ring (bicyclic) bond motifs is 1. The van der Waals surface area contributed by atoms with Crippen LogP contribution in [0, 0.1) is 11.7 Å². The molecule has 1 saturated carbocycles. The second-order valence-corrected chi connectivity index (χ2v) is 6.95. The number of aromatic nitrogens is 1. The van der Waals surface area contributed by atoms with Crippen LogP contribution in [0.5, 0.6) is 0 Å². The summed E-state index contributed by atoms with van der Waals surface area (Å²) in [5, 5.41) is 0.590. The molecule has 0 radical (unpaired) electrons. The monoisotopic (exact) mass is 320 g/mol. The Labute approximate surface area is 131 Å². The molecular formula is C16H17FN2O2S. The van der Waals surface area contributed by atoms with Crippen LogP contribution >= 0.6 is 11.3 Å². The van der Waals surface area contributed by atoms with Crippen LogP contribution < -0.4 is 4.90 Å². The summed E-state index contributed by atoms with van der Waals surface area (Å²) in [6.07, 6.45) is 3.96. The molecule has 0 bridgehead atoms. The van der Waals surface area contributed by atoms with E-state index in [1.165, 1.54) is 17.4 Å². The van der Waals surface area contributed by atoms with Gasteiger partial charge in [0.15, 0.2) is 5.13 Å². The predicted molar refractivity (Wildman–Crippen MR) is 83.6 cm³/mol. The molecule has 2 fully saturated rings. The zero-order chi connectivity index (χ0) is 15.1. The summed E-state index contributed by atoms with van der Waals surface area (Å²) in [5.74, 6) is -0.121. The Hall–Kier alpha value is -1.53. The highest BCUT2D eigenvalue weighted by molar-refractivity contribution is 7.22. The summed E-state index contributed by atoms with van der Waals surface area (Å²) in [6.45, 7) is 1.28. The molecule has 2 aliphatic rings. The SMILES string of the molecule is O=C(C1CC1)N(C[C@@H]1CCCO1)c1nc2c(F)cccc2s1. The molecule has 1 saturated heterocycles. The van der Waals surface area contributed by atoms with Gasteiger partial charge in [-0.15, -0.1) is 0 Å². The quantitative estimate of drug-likeness (QED) is 0.867. The Morgan fingerprint density at radius 2 is 2.27 bits per heavy atom. The average molecular weight is 320 g/mol. The molecule has 1 amide bonds. The minimum Gasteiger partial charge on any atom is -0.376 e. The molecule has 0 N–H and O–H groups in total. The van der Waals surface area contributed by atoms with Crippen molar-refractivity contribution >= 4 is 32.6 Å². The maximum atomic E-state index is 13.9. The van der Waals surface area contributed by atoms with Crippen LogP contribution in [0.1, 0.15) is 25.7 Å². The van der Waals surface area contributed by atoms with E-state index < -0.39 is 0 Å². The fourth-order valence-corrected chi connectivity index (χ4v) is 3.82. The minimum atomic E-state index is -0.337. The Bertz CT molecular complexity index is 707. The fourth-order valence-electron chi connectivity index (χ4n) is 2.82. The summed E-state index contributed by atoms with van der Waals surface area (Å²) in [6, 6.07) is 4.91. The van der Waals surface area contributed by atoms with Gasteiger partial charge in [-0.05, 0) is 37.8 Å². The van der Waals surface area contributed by atoms with Crippen molar-refractivity contribution in [2.24, 2.45) is 5.92 Å². The first-order chi connectivity index (χ1) is 10.7. The Balaban J connectivity index is 1.67. The van der Waals surface area contributed by atoms with E-state index >= 15 is 0 Å². The Morgan fingerprint density at radius 3 is 2.95 bits per heavy atom. The molecular weight excluding hydrogens is 303 g/mol. The van der Waals surface area contributed by atoms with Gasteiger partial charge in [0.1, 0.15) is 11.3 Å². The van der Waals surface area contributed by atoms with E-state index in [4.69, 9.17) is 4.74 Å². The van der Waals surface area contributed by atoms with Crippen molar-refractivity contribution in [1.29, 1.82) is 0 Å². The van der Waals surface area contributed by atoms with Gasteiger partial charge in [0, 0.05) is 12.5 Å². The van der Waals surface area contributed by atoms with Gasteiger partial charge in [-0.1, -0.05) is 17.4 Å². The lowest BCUT2D eigenvalue weighted by Gasteiger charge is -2.22. The van der Waals surface area contributed by atoms with Gasteiger partial charge < -0.3 is 4.74 Å². The molecule has 6 heteroatoms. The van der Waals surface area contributed by atoms with Gasteiger partial charge in [-0.3, -0.25) is 9.69 Å². The van der Waals surface area contributed by atoms with Gasteiger partial charge in [0.05, 0.1) is 17.3 Å². The number of hydrogen-bond acceptors (Lipinski definition) is 4. The van der Waals surface area contributed by atoms with E-state index in [0.29, 0.717) is 17.2 Å². The molecule has 4 rings (SSSR count). The molecule has 0 spiro atoms. The highest BCUT2D eigenvalue weighted by Crippen LogP contribution is 2.36. The summed E-state index contributed by atoms with van der Waals surface area (Å²) >= 11 is 1.37. The molecule has 0 unspecified atom stereocenters. The highest BCUT2D eigenvalue weighted by atomic mass is 32.1. The number of thiazole rings is 1. The molecule has 2 heterocycles. The van der Waals surface area contributed by atoms with Crippen molar-refractivity contribution in [2.75, 3.05) is 18.1 Å². The number of para-hydroxylation sites is 1. The number of nitrogens with zero attached hydrogens (tertiary/aromatic N) is 2. The number of hydrogen-bond donors (Lipinski definition) is 0. The van der Waals surface area contributed by atoms with E-state index in [9.17, 15) is 9.18 Å². The van der Waals surface area contributed by atoms with Crippen molar-refractivity contribution in [2.45, 2.75) is 31.8 Å². The number of benzene rings is 1. The Kier molecular flexibility index (Phi) is 3.58. The van der Waals surface area contributed by atoms with E-state index in [2.05, 4.69) is 4.98 Å². The minimum absolute atomic E-state index is 0.0690. The van der Waals surface area contributed by atoms with Crippen LogP contribution in [-0.4, -0.2) is 30.1 Å². The molecule has 1 atom stereocenters. The summed E-state index contributed by atoms with van der Waals surface area (Å²) in [7, 11) is 0. The number of rotatable bonds is 4. The first-order valence-corrected chi connectivity index (χ1v) is 8.52. The van der Waals surface area contributed by atoms with Crippen LogP contribution in [0.2, 0.25) is 0 Å². The van der Waals surface area contributed by atoms with Gasteiger partial charge in [-0.25, -0.2) is 9.37 Å². The summed E-state index contributed by atoms with van der Waals surface area (Å²) in [4.78, 5) is 18.7. The Morgan fingerprint density at radius 1 is 1.41 bits per heavy atom. The lowest BCUT2D eigenvalue weighted by Crippen LogP contribution is -2.38. The van der Waals surface area contributed by atoms with E-state index in [1.807, 2.05) is 6.07 Å². The zero-order valence-electron chi connectivity index (χ0n) is 12.1. The van der Waals surface area contributed by atoms with E-state index in [0.717, 1.165) is 37.0 Å². The maximum absolute atomic E-state index is 13.9. The normalized spacial score (nSPS) is 21.4. The third kappa shape index (κ3) is 2.61. The standard InChI is InChI=1S/C16H17FN2O2S/c17-12-4-1-5-13-14(12)18-16(22-13)19(15(20)10-6-7-10)9-11-3-2-8-21-11/h1,4-5,10-11H,2-3,6-9H2/t11-/m0/s1. The van der Waals surface area contributed by atoms with Crippen molar-refractivity contribution in [3.8, 4) is 0 Å². The predicted octanol–water partition coefficient (Wildman–Crippen LogP) is 3.36. The van der Waals surface area contributed by atoms with Crippen molar-refractivity contribution in [3.05, 3.63) is 24.0 Å². The van der Waals surface area contributed by atoms with Gasteiger partial charge >= 0.3 is 0 Å². The molecule has 22 heavy (non-hydrogen) atoms. The van der Waals surface area contributed by atoms with Gasteiger partial charge in [0.25, 0.3) is 0 Å². The maximum Gasteiger partial charge on any atom is 0.231 e. The first kappa shape index (κ1) is 14.1. The molecule has 1 aliphatic heterocycles. The smallest absolute Gasteiger partial charge is 0.231 e. The molecule has 2 aromatic rings. The number of ether oxygens (including phenoxy) is 1. The summed E-state index contributed by atoms with van der Waals surface area (Å²) in [5.41, 5.74) is 0.350. The lowest BCUT2D eigenvalue weighted by molar-refractivity contribution is -0.120. The number of carbonyl (C=O) groups excluding carboxylic acids is 1. The van der Waals surface area contributed by atoms with Crippen LogP contribution in [0.15, 0.2) is 18.2 Å². The summed E-state index contributed by atoms with van der Waals surface area (Å²) < 4.78 is 20.3. The number of amides is 1. The molecule has 1 aliphatic carbocycles. The van der Waals surface area contributed by atoms with Crippen molar-refractivity contribution < 1.29 is 13.9 Å².